The summed E-state index contributed by atoms with van der Waals surface area (Å²) in [5, 5.41) is 11.4. The molecule has 0 aliphatic carbocycles. The summed E-state index contributed by atoms with van der Waals surface area (Å²) in [7, 11) is -3.37. The average molecular weight is 299 g/mol. The lowest BCUT2D eigenvalue weighted by Gasteiger charge is -2.18. The lowest BCUT2D eigenvalue weighted by Crippen LogP contribution is -2.26. The van der Waals surface area contributed by atoms with Crippen molar-refractivity contribution in [2.45, 2.75) is 27.2 Å². The van der Waals surface area contributed by atoms with Crippen molar-refractivity contribution in [2.75, 3.05) is 10.5 Å². The summed E-state index contributed by atoms with van der Waals surface area (Å²) < 4.78 is 26.4. The van der Waals surface area contributed by atoms with Crippen molar-refractivity contribution >= 4 is 21.5 Å². The van der Waals surface area contributed by atoms with Gasteiger partial charge in [-0.2, -0.15) is 0 Å². The first-order valence-corrected chi connectivity index (χ1v) is 7.82. The van der Waals surface area contributed by atoms with Crippen LogP contribution in [0.15, 0.2) is 29.4 Å². The van der Waals surface area contributed by atoms with Gasteiger partial charge in [-0.3, -0.25) is 4.72 Å². The molecule has 0 saturated carbocycles. The third kappa shape index (κ3) is 5.92. The van der Waals surface area contributed by atoms with Crippen molar-refractivity contribution in [1.29, 1.82) is 0 Å². The van der Waals surface area contributed by atoms with E-state index in [0.717, 1.165) is 5.56 Å². The molecule has 0 atom stereocenters. The normalized spacial score (nSPS) is 13.2. The number of nitrogens with zero attached hydrogens (tertiary/aromatic N) is 1. The van der Waals surface area contributed by atoms with Crippen molar-refractivity contribution in [2.24, 2.45) is 16.3 Å². The number of hydrogen-bond acceptors (Lipinski definition) is 4. The van der Waals surface area contributed by atoms with Gasteiger partial charge in [-0.25, -0.2) is 8.42 Å². The average Bonchev–Trinajstić information content (AvgIpc) is 2.28. The first-order chi connectivity index (χ1) is 9.11. The van der Waals surface area contributed by atoms with Gasteiger partial charge < -0.3 is 10.9 Å². The van der Waals surface area contributed by atoms with Crippen LogP contribution >= 0.6 is 0 Å². The smallest absolute Gasteiger partial charge is 0.233 e. The Morgan fingerprint density at radius 2 is 1.85 bits per heavy atom. The number of sulfonamides is 1. The van der Waals surface area contributed by atoms with E-state index in [9.17, 15) is 8.42 Å². The molecule has 0 bridgehead atoms. The molecular formula is C13H21N3O3S. The maximum atomic E-state index is 11.9. The Bertz CT molecular complexity index is 572. The molecule has 0 heterocycles. The molecule has 0 unspecified atom stereocenters. The number of anilines is 1. The minimum atomic E-state index is -3.37. The topological polar surface area (TPSA) is 105 Å². The molecule has 20 heavy (non-hydrogen) atoms. The molecule has 0 amide bonds. The van der Waals surface area contributed by atoms with Gasteiger partial charge in [0, 0.05) is 12.1 Å². The summed E-state index contributed by atoms with van der Waals surface area (Å²) in [6, 6.07) is 6.76. The van der Waals surface area contributed by atoms with Crippen LogP contribution in [0.1, 0.15) is 26.3 Å². The summed E-state index contributed by atoms with van der Waals surface area (Å²) in [5.41, 5.74) is 6.43. The first kappa shape index (κ1) is 16.3. The number of benzene rings is 1. The third-order valence-electron chi connectivity index (χ3n) is 2.36. The molecule has 0 spiro atoms. The Labute approximate surface area is 119 Å². The summed E-state index contributed by atoms with van der Waals surface area (Å²) in [5.74, 6) is 0.150. The van der Waals surface area contributed by atoms with Gasteiger partial charge in [0.1, 0.15) is 5.84 Å². The SMILES string of the molecule is CC(C)(C)CS(=O)(=O)Nc1ccc(CC(N)=NO)cc1. The van der Waals surface area contributed by atoms with Gasteiger partial charge in [0.2, 0.25) is 10.0 Å². The summed E-state index contributed by atoms with van der Waals surface area (Å²) in [6.07, 6.45) is 0.311. The zero-order valence-electron chi connectivity index (χ0n) is 11.9. The molecule has 0 aliphatic rings. The van der Waals surface area contributed by atoms with Crippen LogP contribution in [-0.2, 0) is 16.4 Å². The van der Waals surface area contributed by atoms with E-state index in [-0.39, 0.29) is 17.0 Å². The van der Waals surface area contributed by atoms with E-state index in [0.29, 0.717) is 12.1 Å². The molecular weight excluding hydrogens is 278 g/mol. The molecule has 0 aliphatic heterocycles. The van der Waals surface area contributed by atoms with Crippen molar-refractivity contribution in [3.63, 3.8) is 0 Å². The molecule has 6 nitrogen and oxygen atoms in total. The van der Waals surface area contributed by atoms with Crippen molar-refractivity contribution in [1.82, 2.24) is 0 Å². The molecule has 1 aromatic rings. The molecule has 4 N–H and O–H groups in total. The lowest BCUT2D eigenvalue weighted by molar-refractivity contribution is 0.317. The van der Waals surface area contributed by atoms with Crippen LogP contribution in [0.25, 0.3) is 0 Å². The van der Waals surface area contributed by atoms with Gasteiger partial charge in [0.15, 0.2) is 0 Å². The number of hydrogen-bond donors (Lipinski definition) is 3. The highest BCUT2D eigenvalue weighted by molar-refractivity contribution is 7.92. The fourth-order valence-corrected chi connectivity index (χ4v) is 3.43. The highest BCUT2D eigenvalue weighted by atomic mass is 32.2. The predicted octanol–water partition coefficient (Wildman–Crippen LogP) is 1.76. The van der Waals surface area contributed by atoms with Crippen LogP contribution in [0.2, 0.25) is 0 Å². The highest BCUT2D eigenvalue weighted by Gasteiger charge is 2.21. The van der Waals surface area contributed by atoms with E-state index in [1.54, 1.807) is 24.3 Å². The summed E-state index contributed by atoms with van der Waals surface area (Å²) in [4.78, 5) is 0. The van der Waals surface area contributed by atoms with E-state index < -0.39 is 10.0 Å². The van der Waals surface area contributed by atoms with Crippen molar-refractivity contribution < 1.29 is 13.6 Å². The fraction of sp³-hybridized carbons (Fsp3) is 0.462. The van der Waals surface area contributed by atoms with Crippen molar-refractivity contribution in [3.8, 4) is 0 Å². The monoisotopic (exact) mass is 299 g/mol. The van der Waals surface area contributed by atoms with Gasteiger partial charge in [-0.05, 0) is 23.1 Å². The van der Waals surface area contributed by atoms with Gasteiger partial charge in [0.05, 0.1) is 5.75 Å². The number of nitrogens with two attached hydrogens (primary N) is 1. The highest BCUT2D eigenvalue weighted by Crippen LogP contribution is 2.19. The van der Waals surface area contributed by atoms with Gasteiger partial charge >= 0.3 is 0 Å². The zero-order valence-corrected chi connectivity index (χ0v) is 12.7. The standard InChI is InChI=1S/C13H21N3O3S/c1-13(2,3)9-20(18,19)16-11-6-4-10(5-7-11)8-12(14)15-17/h4-7,16-17H,8-9H2,1-3H3,(H2,14,15). The van der Waals surface area contributed by atoms with Gasteiger partial charge in [-0.1, -0.05) is 38.1 Å². The van der Waals surface area contributed by atoms with Crippen molar-refractivity contribution in [3.05, 3.63) is 29.8 Å². The molecule has 112 valence electrons. The predicted molar refractivity (Wildman–Crippen MR) is 80.4 cm³/mol. The summed E-state index contributed by atoms with van der Waals surface area (Å²) >= 11 is 0. The number of rotatable bonds is 5. The van der Waals surface area contributed by atoms with E-state index in [4.69, 9.17) is 10.9 Å². The van der Waals surface area contributed by atoms with Gasteiger partial charge in [0.25, 0.3) is 0 Å². The first-order valence-electron chi connectivity index (χ1n) is 6.17. The molecule has 0 saturated heterocycles. The second-order valence-corrected chi connectivity index (χ2v) is 7.61. The van der Waals surface area contributed by atoms with Gasteiger partial charge in [-0.15, -0.1) is 0 Å². The minimum Gasteiger partial charge on any atom is -0.409 e. The Balaban J connectivity index is 2.75. The molecule has 0 radical (unpaired) electrons. The zero-order chi connectivity index (χ0) is 15.4. The second-order valence-electron chi connectivity index (χ2n) is 5.89. The molecule has 0 aromatic heterocycles. The van der Waals surface area contributed by atoms with Crippen LogP contribution in [0, 0.1) is 5.41 Å². The Morgan fingerprint density at radius 1 is 1.30 bits per heavy atom. The van der Waals surface area contributed by atoms with E-state index >= 15 is 0 Å². The van der Waals surface area contributed by atoms with Crippen LogP contribution in [0.3, 0.4) is 0 Å². The van der Waals surface area contributed by atoms with Crippen LogP contribution < -0.4 is 10.5 Å². The Morgan fingerprint density at radius 3 is 2.30 bits per heavy atom. The maximum Gasteiger partial charge on any atom is 0.233 e. The van der Waals surface area contributed by atoms with Crippen LogP contribution in [-0.4, -0.2) is 25.2 Å². The number of nitrogens with one attached hydrogen (secondary N) is 1. The largest absolute Gasteiger partial charge is 0.409 e. The second kappa shape index (κ2) is 6.13. The lowest BCUT2D eigenvalue weighted by atomic mass is 10.0. The maximum absolute atomic E-state index is 11.9. The molecule has 7 heteroatoms. The van der Waals surface area contributed by atoms with E-state index in [2.05, 4.69) is 9.88 Å². The molecule has 0 fully saturated rings. The molecule has 1 rings (SSSR count). The summed E-state index contributed by atoms with van der Waals surface area (Å²) in [6.45, 7) is 5.60. The quantitative estimate of drug-likeness (QED) is 0.333. The minimum absolute atomic E-state index is 0.0475. The molecule has 1 aromatic carbocycles. The number of oxime groups is 1. The Hall–Kier alpha value is -1.76. The fourth-order valence-electron chi connectivity index (χ4n) is 1.72. The Kier molecular flexibility index (Phi) is 4.99. The van der Waals surface area contributed by atoms with Crippen LogP contribution in [0.5, 0.6) is 0 Å². The van der Waals surface area contributed by atoms with Crippen LogP contribution in [0.4, 0.5) is 5.69 Å². The third-order valence-corrected chi connectivity index (χ3v) is 4.16. The van der Waals surface area contributed by atoms with E-state index in [1.807, 2.05) is 20.8 Å². The number of amidine groups is 1. The van der Waals surface area contributed by atoms with E-state index in [1.165, 1.54) is 0 Å².